The average Bonchev–Trinajstić information content (AvgIpc) is 2.75. The number of ether oxygens (including phenoxy) is 2. The van der Waals surface area contributed by atoms with Gasteiger partial charge in [0.1, 0.15) is 18.0 Å². The smallest absolute Gasteiger partial charge is 0.256 e. The van der Waals surface area contributed by atoms with E-state index in [0.717, 1.165) is 56.0 Å². The molecule has 1 saturated heterocycles. The summed E-state index contributed by atoms with van der Waals surface area (Å²) in [5, 5.41) is 3.07. The van der Waals surface area contributed by atoms with Crippen LogP contribution in [0, 0.1) is 5.92 Å². The Hall–Kier alpha value is -1.59. The number of amides is 1. The van der Waals surface area contributed by atoms with Gasteiger partial charge in [0.25, 0.3) is 5.91 Å². The molecule has 1 aromatic carbocycles. The van der Waals surface area contributed by atoms with Gasteiger partial charge in [-0.25, -0.2) is 0 Å². The molecule has 0 unspecified atom stereocenters. The summed E-state index contributed by atoms with van der Waals surface area (Å²) in [6.45, 7) is 9.08. The molecule has 0 aromatic heterocycles. The minimum Gasteiger partial charge on any atom is -0.492 e. The van der Waals surface area contributed by atoms with E-state index in [2.05, 4.69) is 24.1 Å². The molecule has 0 radical (unpaired) electrons. The molecular weight excluding hydrogens is 364 g/mol. The molecule has 5 heteroatoms. The lowest BCUT2D eigenvalue weighted by Gasteiger charge is -2.35. The minimum atomic E-state index is -0.657. The van der Waals surface area contributed by atoms with E-state index in [1.54, 1.807) is 0 Å². The van der Waals surface area contributed by atoms with Gasteiger partial charge >= 0.3 is 0 Å². The van der Waals surface area contributed by atoms with E-state index in [9.17, 15) is 4.79 Å². The number of likely N-dealkylation sites (tertiary alicyclic amines) is 1. The summed E-state index contributed by atoms with van der Waals surface area (Å²) < 4.78 is 12.0. The van der Waals surface area contributed by atoms with Crippen LogP contribution in [0.4, 0.5) is 5.69 Å². The topological polar surface area (TPSA) is 50.8 Å². The Bertz CT molecular complexity index is 618. The Labute approximate surface area is 176 Å². The summed E-state index contributed by atoms with van der Waals surface area (Å²) in [6.07, 6.45) is 8.44. The number of anilines is 1. The zero-order chi connectivity index (χ0) is 20.5. The lowest BCUT2D eigenvalue weighted by molar-refractivity contribution is -0.146. The number of rotatable bonds is 9. The van der Waals surface area contributed by atoms with Crippen molar-refractivity contribution in [2.75, 3.05) is 38.2 Å². The normalized spacial score (nSPS) is 20.3. The second-order valence-electron chi connectivity index (χ2n) is 8.75. The average molecular weight is 403 g/mol. The van der Waals surface area contributed by atoms with Gasteiger partial charge < -0.3 is 14.8 Å². The fourth-order valence-electron chi connectivity index (χ4n) is 4.32. The molecule has 1 aliphatic carbocycles. The van der Waals surface area contributed by atoms with E-state index < -0.39 is 5.60 Å². The first-order valence-corrected chi connectivity index (χ1v) is 11.5. The number of nitrogens with zero attached hydrogens (tertiary/aromatic N) is 1. The highest BCUT2D eigenvalue weighted by Gasteiger charge is 2.40. The molecule has 29 heavy (non-hydrogen) atoms. The van der Waals surface area contributed by atoms with Crippen molar-refractivity contribution in [1.82, 2.24) is 4.90 Å². The van der Waals surface area contributed by atoms with Gasteiger partial charge in [-0.2, -0.15) is 0 Å². The summed E-state index contributed by atoms with van der Waals surface area (Å²) in [4.78, 5) is 15.5. The predicted octanol–water partition coefficient (Wildman–Crippen LogP) is 4.87. The Morgan fingerprint density at radius 2 is 1.79 bits per heavy atom. The van der Waals surface area contributed by atoms with Crippen LogP contribution < -0.4 is 10.1 Å². The number of carbonyl (C=O) groups excluding carboxylic acids is 1. The first-order chi connectivity index (χ1) is 14.1. The van der Waals surface area contributed by atoms with E-state index in [-0.39, 0.29) is 5.91 Å². The number of carbonyl (C=O) groups is 1. The van der Waals surface area contributed by atoms with Crippen molar-refractivity contribution < 1.29 is 14.3 Å². The zero-order valence-corrected chi connectivity index (χ0v) is 18.3. The van der Waals surface area contributed by atoms with E-state index >= 15 is 0 Å². The van der Waals surface area contributed by atoms with Crippen LogP contribution in [0.15, 0.2) is 24.3 Å². The van der Waals surface area contributed by atoms with E-state index in [1.165, 1.54) is 32.4 Å². The van der Waals surface area contributed by atoms with Gasteiger partial charge in [0.2, 0.25) is 0 Å². The third-order valence-electron chi connectivity index (χ3n) is 6.32. The largest absolute Gasteiger partial charge is 0.492 e. The van der Waals surface area contributed by atoms with Gasteiger partial charge in [0, 0.05) is 18.8 Å². The highest BCUT2D eigenvalue weighted by molar-refractivity contribution is 5.97. The highest BCUT2D eigenvalue weighted by atomic mass is 16.5. The molecule has 1 heterocycles. The van der Waals surface area contributed by atoms with E-state index in [0.29, 0.717) is 13.2 Å². The van der Waals surface area contributed by atoms with E-state index in [4.69, 9.17) is 9.47 Å². The van der Waals surface area contributed by atoms with Crippen molar-refractivity contribution in [2.45, 2.75) is 70.8 Å². The number of hydrogen-bond donors (Lipinski definition) is 1. The van der Waals surface area contributed by atoms with Crippen molar-refractivity contribution in [2.24, 2.45) is 5.92 Å². The second kappa shape index (κ2) is 11.0. The van der Waals surface area contributed by atoms with Crippen molar-refractivity contribution in [3.63, 3.8) is 0 Å². The van der Waals surface area contributed by atoms with Crippen LogP contribution in [0.5, 0.6) is 5.75 Å². The van der Waals surface area contributed by atoms with Gasteiger partial charge in [-0.05, 0) is 75.4 Å². The van der Waals surface area contributed by atoms with Gasteiger partial charge in [0.05, 0.1) is 0 Å². The molecule has 5 nitrogen and oxygen atoms in total. The Kier molecular flexibility index (Phi) is 8.37. The zero-order valence-electron chi connectivity index (χ0n) is 18.3. The van der Waals surface area contributed by atoms with Gasteiger partial charge in [-0.15, -0.1) is 0 Å². The first-order valence-electron chi connectivity index (χ1n) is 11.5. The third kappa shape index (κ3) is 6.45. The number of piperidine rings is 1. The fraction of sp³-hybridized carbons (Fsp3) is 0.708. The fourth-order valence-corrected chi connectivity index (χ4v) is 4.32. The van der Waals surface area contributed by atoms with Crippen LogP contribution in [0.2, 0.25) is 0 Å². The minimum absolute atomic E-state index is 0.00125. The SMILES string of the molecule is CCCOC1(C(=O)Nc2ccc(OCCN3CCC(C)CC3)cc2)CCCCC1. The van der Waals surface area contributed by atoms with Gasteiger partial charge in [-0.3, -0.25) is 9.69 Å². The Morgan fingerprint density at radius 1 is 1.10 bits per heavy atom. The molecule has 2 aliphatic rings. The van der Waals surface area contributed by atoms with Crippen LogP contribution in [0.1, 0.15) is 65.2 Å². The molecule has 162 valence electrons. The standard InChI is InChI=1S/C24H38N2O3/c1-3-18-29-24(13-5-4-6-14-24)23(27)25-21-7-9-22(10-8-21)28-19-17-26-15-11-20(2)12-16-26/h7-10,20H,3-6,11-19H2,1-2H3,(H,25,27). The molecule has 1 aliphatic heterocycles. The maximum absolute atomic E-state index is 13.0. The van der Waals surface area contributed by atoms with Crippen molar-refractivity contribution in [1.29, 1.82) is 0 Å². The van der Waals surface area contributed by atoms with Crippen LogP contribution in [-0.4, -0.2) is 49.3 Å². The molecule has 1 amide bonds. The van der Waals surface area contributed by atoms with Gasteiger partial charge in [0.15, 0.2) is 0 Å². The van der Waals surface area contributed by atoms with Crippen LogP contribution in [0.25, 0.3) is 0 Å². The third-order valence-corrected chi connectivity index (χ3v) is 6.32. The molecule has 2 fully saturated rings. The van der Waals surface area contributed by atoms with Gasteiger partial charge in [-0.1, -0.05) is 33.1 Å². The number of nitrogens with one attached hydrogen (secondary N) is 1. The summed E-state index contributed by atoms with van der Waals surface area (Å²) >= 11 is 0. The molecule has 1 N–H and O–H groups in total. The van der Waals surface area contributed by atoms with Crippen molar-refractivity contribution >= 4 is 11.6 Å². The lowest BCUT2D eigenvalue weighted by atomic mass is 9.83. The molecule has 0 spiro atoms. The molecule has 1 saturated carbocycles. The molecule has 1 aromatic rings. The maximum atomic E-state index is 13.0. The molecule has 3 rings (SSSR count). The summed E-state index contributed by atoms with van der Waals surface area (Å²) in [6, 6.07) is 7.72. The van der Waals surface area contributed by atoms with Crippen molar-refractivity contribution in [3.05, 3.63) is 24.3 Å². The highest BCUT2D eigenvalue weighted by Crippen LogP contribution is 2.33. The Morgan fingerprint density at radius 3 is 2.45 bits per heavy atom. The van der Waals surface area contributed by atoms with Crippen LogP contribution >= 0.6 is 0 Å². The molecule has 0 atom stereocenters. The quantitative estimate of drug-likeness (QED) is 0.640. The molecule has 0 bridgehead atoms. The number of hydrogen-bond acceptors (Lipinski definition) is 4. The monoisotopic (exact) mass is 402 g/mol. The van der Waals surface area contributed by atoms with Crippen LogP contribution in [0.3, 0.4) is 0 Å². The molecular formula is C24H38N2O3. The maximum Gasteiger partial charge on any atom is 0.256 e. The Balaban J connectivity index is 1.47. The van der Waals surface area contributed by atoms with Crippen LogP contribution in [-0.2, 0) is 9.53 Å². The number of benzene rings is 1. The van der Waals surface area contributed by atoms with E-state index in [1.807, 2.05) is 24.3 Å². The lowest BCUT2D eigenvalue weighted by Crippen LogP contribution is -2.47. The second-order valence-corrected chi connectivity index (χ2v) is 8.75. The van der Waals surface area contributed by atoms with Crippen molar-refractivity contribution in [3.8, 4) is 5.75 Å². The summed E-state index contributed by atoms with van der Waals surface area (Å²) in [5.41, 5.74) is 0.146. The summed E-state index contributed by atoms with van der Waals surface area (Å²) in [5.74, 6) is 1.71. The predicted molar refractivity (Wildman–Crippen MR) is 117 cm³/mol. The summed E-state index contributed by atoms with van der Waals surface area (Å²) in [7, 11) is 0. The first kappa shape index (κ1) is 22.1.